The van der Waals surface area contributed by atoms with Gasteiger partial charge in [-0.05, 0) is 43.9 Å². The largest absolute Gasteiger partial charge is 0.357 e. The summed E-state index contributed by atoms with van der Waals surface area (Å²) >= 11 is 1.89. The standard InChI is InChI=1S/C13H23N3S/c1-10(7-8-17-4)16(3)13-6-5-12(9-14)11(2)15-13/h5-6,10H,7-9,14H2,1-4H3. The van der Waals surface area contributed by atoms with Crippen molar-refractivity contribution in [1.29, 1.82) is 0 Å². The van der Waals surface area contributed by atoms with E-state index in [0.717, 1.165) is 17.1 Å². The van der Waals surface area contributed by atoms with E-state index >= 15 is 0 Å². The highest BCUT2D eigenvalue weighted by molar-refractivity contribution is 7.98. The topological polar surface area (TPSA) is 42.1 Å². The van der Waals surface area contributed by atoms with Crippen molar-refractivity contribution in [3.05, 3.63) is 23.4 Å². The fourth-order valence-corrected chi connectivity index (χ4v) is 2.27. The third-order valence-electron chi connectivity index (χ3n) is 3.16. The molecule has 0 saturated carbocycles. The first-order valence-corrected chi connectivity index (χ1v) is 7.38. The number of pyridine rings is 1. The molecule has 1 heterocycles. The van der Waals surface area contributed by atoms with Crippen molar-refractivity contribution >= 4 is 17.6 Å². The van der Waals surface area contributed by atoms with Gasteiger partial charge in [0.2, 0.25) is 0 Å². The van der Waals surface area contributed by atoms with Gasteiger partial charge < -0.3 is 10.6 Å². The summed E-state index contributed by atoms with van der Waals surface area (Å²) in [4.78, 5) is 6.85. The minimum absolute atomic E-state index is 0.512. The van der Waals surface area contributed by atoms with Crippen molar-refractivity contribution < 1.29 is 0 Å². The van der Waals surface area contributed by atoms with Crippen molar-refractivity contribution in [2.45, 2.75) is 32.9 Å². The average molecular weight is 253 g/mol. The Hall–Kier alpha value is -0.740. The lowest BCUT2D eigenvalue weighted by Crippen LogP contribution is -2.30. The molecule has 0 bridgehead atoms. The summed E-state index contributed by atoms with van der Waals surface area (Å²) in [5.41, 5.74) is 7.81. The Kier molecular flexibility index (Phi) is 5.78. The molecule has 0 saturated heterocycles. The maximum atomic E-state index is 5.65. The van der Waals surface area contributed by atoms with Gasteiger partial charge in [0.15, 0.2) is 0 Å². The Balaban J connectivity index is 2.74. The Bertz CT molecular complexity index is 355. The lowest BCUT2D eigenvalue weighted by molar-refractivity contribution is 0.661. The van der Waals surface area contributed by atoms with E-state index in [-0.39, 0.29) is 0 Å². The van der Waals surface area contributed by atoms with Gasteiger partial charge in [0.05, 0.1) is 0 Å². The maximum Gasteiger partial charge on any atom is 0.128 e. The van der Waals surface area contributed by atoms with Gasteiger partial charge in [0.1, 0.15) is 5.82 Å². The summed E-state index contributed by atoms with van der Waals surface area (Å²) in [6.07, 6.45) is 3.32. The molecule has 0 fully saturated rings. The zero-order chi connectivity index (χ0) is 12.8. The van der Waals surface area contributed by atoms with Crippen LogP contribution in [0.25, 0.3) is 0 Å². The quantitative estimate of drug-likeness (QED) is 0.845. The molecule has 96 valence electrons. The summed E-state index contributed by atoms with van der Waals surface area (Å²) in [6, 6.07) is 4.65. The normalized spacial score (nSPS) is 12.5. The van der Waals surface area contributed by atoms with Crippen molar-refractivity contribution in [2.75, 3.05) is 24.0 Å². The second kappa shape index (κ2) is 6.87. The zero-order valence-electron chi connectivity index (χ0n) is 11.2. The predicted molar refractivity (Wildman–Crippen MR) is 77.7 cm³/mol. The number of aryl methyl sites for hydroxylation is 1. The average Bonchev–Trinajstić information content (AvgIpc) is 2.34. The zero-order valence-corrected chi connectivity index (χ0v) is 12.0. The highest BCUT2D eigenvalue weighted by Gasteiger charge is 2.11. The minimum atomic E-state index is 0.512. The summed E-state index contributed by atoms with van der Waals surface area (Å²) in [6.45, 7) is 4.82. The highest BCUT2D eigenvalue weighted by atomic mass is 32.2. The molecular formula is C13H23N3S. The molecule has 3 nitrogen and oxygen atoms in total. The molecule has 1 unspecified atom stereocenters. The maximum absolute atomic E-state index is 5.65. The Labute approximate surface area is 109 Å². The van der Waals surface area contributed by atoms with Crippen LogP contribution in [0, 0.1) is 6.92 Å². The fraction of sp³-hybridized carbons (Fsp3) is 0.615. The van der Waals surface area contributed by atoms with Crippen molar-refractivity contribution in [1.82, 2.24) is 4.98 Å². The summed E-state index contributed by atoms with van der Waals surface area (Å²) in [5.74, 6) is 2.22. The van der Waals surface area contributed by atoms with Crippen LogP contribution < -0.4 is 10.6 Å². The molecule has 1 atom stereocenters. The van der Waals surface area contributed by atoms with Crippen LogP contribution in [-0.2, 0) is 6.54 Å². The second-order valence-corrected chi connectivity index (χ2v) is 5.35. The number of aromatic nitrogens is 1. The van der Waals surface area contributed by atoms with Crippen LogP contribution in [0.5, 0.6) is 0 Å². The predicted octanol–water partition coefficient (Wildman–Crippen LogP) is 2.43. The van der Waals surface area contributed by atoms with Crippen molar-refractivity contribution in [3.8, 4) is 0 Å². The number of hydrogen-bond acceptors (Lipinski definition) is 4. The Morgan fingerprint density at radius 1 is 1.47 bits per heavy atom. The van der Waals surface area contributed by atoms with Gasteiger partial charge in [0, 0.05) is 25.3 Å². The second-order valence-electron chi connectivity index (χ2n) is 4.36. The number of nitrogens with two attached hydrogens (primary N) is 1. The summed E-state index contributed by atoms with van der Waals surface area (Å²) in [5, 5.41) is 0. The van der Waals surface area contributed by atoms with E-state index in [4.69, 9.17) is 5.73 Å². The lowest BCUT2D eigenvalue weighted by atomic mass is 10.2. The van der Waals surface area contributed by atoms with Crippen LogP contribution in [0.2, 0.25) is 0 Å². The molecule has 0 radical (unpaired) electrons. The third kappa shape index (κ3) is 3.89. The highest BCUT2D eigenvalue weighted by Crippen LogP contribution is 2.17. The molecule has 1 aromatic rings. The molecule has 0 spiro atoms. The van der Waals surface area contributed by atoms with E-state index in [1.165, 1.54) is 12.2 Å². The van der Waals surface area contributed by atoms with E-state index in [1.807, 2.05) is 18.7 Å². The SMILES string of the molecule is CSCCC(C)N(C)c1ccc(CN)c(C)n1. The first-order chi connectivity index (χ1) is 8.10. The van der Waals surface area contributed by atoms with Gasteiger partial charge in [-0.2, -0.15) is 11.8 Å². The van der Waals surface area contributed by atoms with Gasteiger partial charge in [-0.25, -0.2) is 4.98 Å². The first kappa shape index (κ1) is 14.3. The molecule has 0 aromatic carbocycles. The van der Waals surface area contributed by atoms with Crippen LogP contribution in [-0.4, -0.2) is 30.1 Å². The van der Waals surface area contributed by atoms with Gasteiger partial charge in [-0.1, -0.05) is 6.07 Å². The van der Waals surface area contributed by atoms with Crippen LogP contribution in [0.1, 0.15) is 24.6 Å². The molecule has 0 amide bonds. The number of rotatable bonds is 6. The van der Waals surface area contributed by atoms with Crippen molar-refractivity contribution in [3.63, 3.8) is 0 Å². The van der Waals surface area contributed by atoms with Crippen molar-refractivity contribution in [2.24, 2.45) is 5.73 Å². The van der Waals surface area contributed by atoms with E-state index < -0.39 is 0 Å². The van der Waals surface area contributed by atoms with Gasteiger partial charge in [0.25, 0.3) is 0 Å². The van der Waals surface area contributed by atoms with E-state index in [1.54, 1.807) is 0 Å². The van der Waals surface area contributed by atoms with Crippen LogP contribution >= 0.6 is 11.8 Å². The number of thioether (sulfide) groups is 1. The molecule has 0 aliphatic rings. The Morgan fingerprint density at radius 2 is 2.18 bits per heavy atom. The van der Waals surface area contributed by atoms with Gasteiger partial charge in [-0.3, -0.25) is 0 Å². The van der Waals surface area contributed by atoms with E-state index in [0.29, 0.717) is 12.6 Å². The fourth-order valence-electron chi connectivity index (χ4n) is 1.70. The molecule has 1 rings (SSSR count). The number of hydrogen-bond donors (Lipinski definition) is 1. The Morgan fingerprint density at radius 3 is 2.71 bits per heavy atom. The molecule has 1 aromatic heterocycles. The smallest absolute Gasteiger partial charge is 0.128 e. The van der Waals surface area contributed by atoms with Crippen LogP contribution in [0.15, 0.2) is 12.1 Å². The summed E-state index contributed by atoms with van der Waals surface area (Å²) < 4.78 is 0. The molecule has 0 aliphatic heterocycles. The molecular weight excluding hydrogens is 230 g/mol. The first-order valence-electron chi connectivity index (χ1n) is 5.98. The molecule has 0 aliphatic carbocycles. The number of anilines is 1. The van der Waals surface area contributed by atoms with Gasteiger partial charge >= 0.3 is 0 Å². The van der Waals surface area contributed by atoms with Crippen LogP contribution in [0.3, 0.4) is 0 Å². The summed E-state index contributed by atoms with van der Waals surface area (Å²) in [7, 11) is 2.11. The van der Waals surface area contributed by atoms with E-state index in [2.05, 4.69) is 42.2 Å². The van der Waals surface area contributed by atoms with Gasteiger partial charge in [-0.15, -0.1) is 0 Å². The minimum Gasteiger partial charge on any atom is -0.357 e. The molecule has 17 heavy (non-hydrogen) atoms. The lowest BCUT2D eigenvalue weighted by Gasteiger charge is -2.26. The molecule has 2 N–H and O–H groups in total. The van der Waals surface area contributed by atoms with Crippen LogP contribution in [0.4, 0.5) is 5.82 Å². The third-order valence-corrected chi connectivity index (χ3v) is 3.81. The monoisotopic (exact) mass is 253 g/mol. The molecule has 4 heteroatoms. The van der Waals surface area contributed by atoms with E-state index in [9.17, 15) is 0 Å². The number of nitrogens with zero attached hydrogens (tertiary/aromatic N) is 2.